The number of phosphoric acid groups is 1. The van der Waals surface area contributed by atoms with E-state index in [1.807, 2.05) is 6.92 Å². The Hall–Kier alpha value is -3.11. The topological polar surface area (TPSA) is 44.8 Å². The maximum atomic E-state index is 13.6. The van der Waals surface area contributed by atoms with Crippen molar-refractivity contribution in [3.8, 4) is 11.5 Å². The Morgan fingerprint density at radius 3 is 1.64 bits per heavy atom. The summed E-state index contributed by atoms with van der Waals surface area (Å²) in [5.74, 6) is -0.552. The normalized spacial score (nSPS) is 10.8. The van der Waals surface area contributed by atoms with Gasteiger partial charge >= 0.3 is 13.9 Å². The minimum Gasteiger partial charge on any atom is -0.386 e. The lowest BCUT2D eigenvalue weighted by atomic mass is 10.1. The zero-order valence-electron chi connectivity index (χ0n) is 14.9. The predicted octanol–water partition coefficient (Wildman–Crippen LogP) is 6.84. The van der Waals surface area contributed by atoms with E-state index in [1.54, 1.807) is 48.5 Å². The van der Waals surface area contributed by atoms with Gasteiger partial charge in [-0.05, 0) is 31.2 Å². The van der Waals surface area contributed by atoms with Crippen LogP contribution in [-0.4, -0.2) is 0 Å². The molecule has 4 nitrogen and oxygen atoms in total. The smallest absolute Gasteiger partial charge is 0.386 e. The number of aryl methyl sites for hydroxylation is 1. The van der Waals surface area contributed by atoms with Crippen LogP contribution < -0.4 is 9.05 Å². The lowest BCUT2D eigenvalue weighted by Gasteiger charge is -2.20. The monoisotopic (exact) mass is 402 g/mol. The van der Waals surface area contributed by atoms with Gasteiger partial charge in [-0.25, -0.2) is 0 Å². The van der Waals surface area contributed by atoms with Crippen LogP contribution in [0.2, 0.25) is 0 Å². The molecule has 0 aliphatic heterocycles. The van der Waals surface area contributed by atoms with Gasteiger partial charge < -0.3 is 13.6 Å². The number of para-hydroxylation sites is 2. The van der Waals surface area contributed by atoms with Gasteiger partial charge in [0.05, 0.1) is 0 Å². The van der Waals surface area contributed by atoms with E-state index in [9.17, 15) is 13.3 Å². The molecule has 0 atom stereocenters. The molecule has 0 saturated carbocycles. The van der Waals surface area contributed by atoms with Crippen LogP contribution in [0.5, 0.6) is 11.5 Å². The van der Waals surface area contributed by atoms with Gasteiger partial charge in [0, 0.05) is 5.56 Å². The highest BCUT2D eigenvalue weighted by molar-refractivity contribution is 7.49. The van der Waals surface area contributed by atoms with Gasteiger partial charge in [0.2, 0.25) is 5.76 Å². The van der Waals surface area contributed by atoms with E-state index < -0.39 is 19.7 Å². The summed E-state index contributed by atoms with van der Waals surface area (Å²) >= 11 is 0. The number of phosphoric ester groups is 1. The number of benzene rings is 3. The molecule has 0 N–H and O–H groups in total. The quantitative estimate of drug-likeness (QED) is 0.320. The van der Waals surface area contributed by atoms with Crippen molar-refractivity contribution < 1.29 is 26.9 Å². The van der Waals surface area contributed by atoms with Crippen LogP contribution in [-0.2, 0) is 9.09 Å². The van der Waals surface area contributed by atoms with Gasteiger partial charge in [0.15, 0.2) is 0 Å². The molecule has 0 spiro atoms. The largest absolute Gasteiger partial charge is 0.647 e. The molecule has 0 aromatic heterocycles. The van der Waals surface area contributed by atoms with Crippen molar-refractivity contribution in [2.75, 3.05) is 0 Å². The van der Waals surface area contributed by atoms with Crippen molar-refractivity contribution in [3.05, 3.63) is 102 Å². The molecule has 7 heteroatoms. The molecular weight excluding hydrogens is 385 g/mol. The highest BCUT2D eigenvalue weighted by Gasteiger charge is 2.36. The summed E-state index contributed by atoms with van der Waals surface area (Å²) in [6.45, 7) is 1.82. The van der Waals surface area contributed by atoms with Gasteiger partial charge in [-0.2, -0.15) is 13.3 Å². The van der Waals surface area contributed by atoms with Gasteiger partial charge in [0.25, 0.3) is 0 Å². The highest BCUT2D eigenvalue weighted by Crippen LogP contribution is 2.53. The Kier molecular flexibility index (Phi) is 6.12. The van der Waals surface area contributed by atoms with E-state index in [2.05, 4.69) is 0 Å². The number of hydrogen-bond donors (Lipinski definition) is 0. The third-order valence-electron chi connectivity index (χ3n) is 3.61. The molecule has 0 fully saturated rings. The highest BCUT2D eigenvalue weighted by atomic mass is 31.2. The first-order valence-corrected chi connectivity index (χ1v) is 9.82. The first-order chi connectivity index (χ1) is 13.5. The summed E-state index contributed by atoms with van der Waals surface area (Å²) in [5, 5.41) is 0. The minimum absolute atomic E-state index is 0.0548. The summed E-state index contributed by atoms with van der Waals surface area (Å²) in [6.07, 6.45) is -2.14. The summed E-state index contributed by atoms with van der Waals surface area (Å²) in [7, 11) is -4.49. The average Bonchev–Trinajstić information content (AvgIpc) is 2.68. The van der Waals surface area contributed by atoms with E-state index >= 15 is 0 Å². The van der Waals surface area contributed by atoms with Gasteiger partial charge in [-0.3, -0.25) is 0 Å². The maximum Gasteiger partial charge on any atom is 0.647 e. The molecule has 3 rings (SSSR count). The van der Waals surface area contributed by atoms with Crippen molar-refractivity contribution in [2.24, 2.45) is 0 Å². The third-order valence-corrected chi connectivity index (χ3v) is 4.88. The first-order valence-electron chi connectivity index (χ1n) is 8.36. The van der Waals surface area contributed by atoms with E-state index in [-0.39, 0.29) is 17.1 Å². The Morgan fingerprint density at radius 1 is 0.750 bits per heavy atom. The second-order valence-electron chi connectivity index (χ2n) is 5.80. The fourth-order valence-electron chi connectivity index (χ4n) is 2.29. The van der Waals surface area contributed by atoms with E-state index in [0.29, 0.717) is 0 Å². The van der Waals surface area contributed by atoms with Crippen molar-refractivity contribution in [1.29, 1.82) is 0 Å². The van der Waals surface area contributed by atoms with E-state index in [4.69, 9.17) is 13.6 Å². The van der Waals surface area contributed by atoms with Gasteiger partial charge in [-0.1, -0.05) is 66.2 Å². The van der Waals surface area contributed by atoms with E-state index in [1.165, 1.54) is 36.4 Å². The summed E-state index contributed by atoms with van der Waals surface area (Å²) in [6, 6.07) is 22.3. The van der Waals surface area contributed by atoms with Crippen LogP contribution in [0.15, 0.2) is 91.0 Å². The first kappa shape index (κ1) is 19.6. The lowest BCUT2D eigenvalue weighted by molar-refractivity contribution is 0.273. The molecule has 0 aliphatic carbocycles. The molecule has 144 valence electrons. The Bertz CT molecular complexity index is 940. The molecule has 0 amide bonds. The summed E-state index contributed by atoms with van der Waals surface area (Å²) in [5.41, 5.74) is 0.936. The van der Waals surface area contributed by atoms with Crippen LogP contribution >= 0.6 is 7.82 Å². The van der Waals surface area contributed by atoms with Crippen LogP contribution in [0, 0.1) is 6.92 Å². The fourth-order valence-corrected chi connectivity index (χ4v) is 3.56. The van der Waals surface area contributed by atoms with Crippen molar-refractivity contribution in [2.45, 2.75) is 6.92 Å². The Morgan fingerprint density at radius 2 is 1.21 bits per heavy atom. The fraction of sp³-hybridized carbons (Fsp3) is 0.0476. The summed E-state index contributed by atoms with van der Waals surface area (Å²) in [4.78, 5) is 0. The second-order valence-corrected chi connectivity index (χ2v) is 7.24. The number of hydrogen-bond acceptors (Lipinski definition) is 4. The minimum atomic E-state index is -4.49. The Labute approximate surface area is 161 Å². The predicted molar refractivity (Wildman–Crippen MR) is 103 cm³/mol. The standard InChI is InChI=1S/C21H17F2O4P/c1-16-12-14-17(15-13-16)20(21(22)23)27-28(24,25-18-8-4-2-5-9-18)26-19-10-6-3-7-11-19/h2-15H,1H3. The second kappa shape index (κ2) is 8.72. The number of rotatable bonds is 7. The van der Waals surface area contributed by atoms with E-state index in [0.717, 1.165) is 5.56 Å². The zero-order chi connectivity index (χ0) is 20.0. The van der Waals surface area contributed by atoms with Crippen LogP contribution in [0.1, 0.15) is 11.1 Å². The van der Waals surface area contributed by atoms with Crippen LogP contribution in [0.25, 0.3) is 5.76 Å². The SMILES string of the molecule is Cc1ccc(C(OP(=O)(Oc2ccccc2)Oc2ccccc2)=C(F)F)cc1. The maximum absolute atomic E-state index is 13.6. The van der Waals surface area contributed by atoms with Gasteiger partial charge in [-0.15, -0.1) is 0 Å². The third kappa shape index (κ3) is 5.21. The molecule has 3 aromatic carbocycles. The molecular formula is C21H17F2O4P. The lowest BCUT2D eigenvalue weighted by Crippen LogP contribution is -2.05. The van der Waals surface area contributed by atoms with Crippen LogP contribution in [0.4, 0.5) is 8.78 Å². The van der Waals surface area contributed by atoms with Crippen molar-refractivity contribution >= 4 is 13.6 Å². The molecule has 0 radical (unpaired) electrons. The van der Waals surface area contributed by atoms with Crippen LogP contribution in [0.3, 0.4) is 0 Å². The molecule has 0 heterocycles. The molecule has 3 aromatic rings. The molecule has 0 bridgehead atoms. The van der Waals surface area contributed by atoms with Crippen molar-refractivity contribution in [3.63, 3.8) is 0 Å². The molecule has 0 aliphatic rings. The Balaban J connectivity index is 1.96. The molecule has 0 saturated heterocycles. The van der Waals surface area contributed by atoms with Gasteiger partial charge in [0.1, 0.15) is 11.5 Å². The summed E-state index contributed by atoms with van der Waals surface area (Å²) < 4.78 is 56.4. The molecule has 28 heavy (non-hydrogen) atoms. The van der Waals surface area contributed by atoms with Crippen molar-refractivity contribution in [1.82, 2.24) is 0 Å². The zero-order valence-corrected chi connectivity index (χ0v) is 15.8. The average molecular weight is 402 g/mol. The number of halogens is 2. The molecule has 0 unspecified atom stereocenters.